The molecule has 166 valence electrons. The molecule has 1 aromatic carbocycles. The van der Waals surface area contributed by atoms with Gasteiger partial charge in [-0.1, -0.05) is 0 Å². The molecular formula is C20H22F2N4O5. The van der Waals surface area contributed by atoms with Crippen molar-refractivity contribution in [2.45, 2.75) is 25.8 Å². The maximum absolute atomic E-state index is 15.7. The van der Waals surface area contributed by atoms with E-state index >= 15 is 8.78 Å². The van der Waals surface area contributed by atoms with Crippen molar-refractivity contribution in [1.82, 2.24) is 9.47 Å². The minimum Gasteiger partial charge on any atom is -0.449 e. The zero-order valence-corrected chi connectivity index (χ0v) is 16.9. The predicted octanol–water partition coefficient (Wildman–Crippen LogP) is 1.96. The minimum atomic E-state index is -1.71. The SMILES string of the molecule is CC(=O)CN1CCN(c2c(F)c(N)c3c(=O)c(OC(=O)O)cn(C4CC4)c3c2F)CC1. The maximum Gasteiger partial charge on any atom is 0.511 e. The van der Waals surface area contributed by atoms with E-state index in [1.165, 1.54) is 16.4 Å². The van der Waals surface area contributed by atoms with Crippen LogP contribution in [-0.4, -0.2) is 59.2 Å². The molecule has 1 saturated heterocycles. The molecule has 9 nitrogen and oxygen atoms in total. The molecule has 0 amide bonds. The fraction of sp³-hybridized carbons (Fsp3) is 0.450. The first kappa shape index (κ1) is 21.0. The third-order valence-electron chi connectivity index (χ3n) is 5.60. The number of Topliss-reactive ketones (excluding diaryl/α,β-unsaturated/α-hetero) is 1. The number of rotatable bonds is 5. The van der Waals surface area contributed by atoms with Crippen LogP contribution in [0.4, 0.5) is 25.0 Å². The predicted molar refractivity (Wildman–Crippen MR) is 109 cm³/mol. The zero-order valence-electron chi connectivity index (χ0n) is 16.9. The van der Waals surface area contributed by atoms with Crippen molar-refractivity contribution in [2.75, 3.05) is 43.4 Å². The average molecular weight is 436 g/mol. The number of nitrogen functional groups attached to an aromatic ring is 1. The van der Waals surface area contributed by atoms with Crippen LogP contribution >= 0.6 is 0 Å². The van der Waals surface area contributed by atoms with Gasteiger partial charge in [-0.15, -0.1) is 0 Å². The van der Waals surface area contributed by atoms with Crippen LogP contribution in [0.1, 0.15) is 25.8 Å². The third kappa shape index (κ3) is 3.80. The largest absolute Gasteiger partial charge is 0.511 e. The van der Waals surface area contributed by atoms with Gasteiger partial charge in [-0.05, 0) is 19.8 Å². The molecule has 31 heavy (non-hydrogen) atoms. The van der Waals surface area contributed by atoms with Crippen molar-refractivity contribution in [3.8, 4) is 5.75 Å². The summed E-state index contributed by atoms with van der Waals surface area (Å²) in [6, 6.07) is -0.168. The van der Waals surface area contributed by atoms with Gasteiger partial charge in [-0.25, -0.2) is 13.6 Å². The maximum atomic E-state index is 15.7. The molecular weight excluding hydrogens is 414 g/mol. The number of carboxylic acid groups (broad SMARTS) is 1. The summed E-state index contributed by atoms with van der Waals surface area (Å²) in [5.74, 6) is -2.54. The smallest absolute Gasteiger partial charge is 0.449 e. The Morgan fingerprint density at radius 3 is 2.39 bits per heavy atom. The first-order valence-corrected chi connectivity index (χ1v) is 9.91. The lowest BCUT2D eigenvalue weighted by molar-refractivity contribution is -0.118. The molecule has 1 aliphatic carbocycles. The number of carbonyl (C=O) groups excluding carboxylic acids is 1. The highest BCUT2D eigenvalue weighted by atomic mass is 19.1. The van der Waals surface area contributed by atoms with E-state index in [1.54, 1.807) is 0 Å². The third-order valence-corrected chi connectivity index (χ3v) is 5.60. The van der Waals surface area contributed by atoms with Crippen molar-refractivity contribution in [1.29, 1.82) is 0 Å². The number of nitrogens with two attached hydrogens (primary N) is 1. The average Bonchev–Trinajstić information content (AvgIpc) is 3.53. The summed E-state index contributed by atoms with van der Waals surface area (Å²) < 4.78 is 36.9. The number of halogens is 2. The van der Waals surface area contributed by atoms with E-state index in [1.807, 2.05) is 4.90 Å². The Morgan fingerprint density at radius 1 is 1.19 bits per heavy atom. The number of hydrogen-bond acceptors (Lipinski definition) is 7. The molecule has 0 bridgehead atoms. The summed E-state index contributed by atoms with van der Waals surface area (Å²) >= 11 is 0. The van der Waals surface area contributed by atoms with E-state index in [2.05, 4.69) is 4.74 Å². The Balaban J connectivity index is 1.84. The summed E-state index contributed by atoms with van der Waals surface area (Å²) in [5.41, 5.74) is 3.92. The van der Waals surface area contributed by atoms with E-state index < -0.39 is 40.0 Å². The number of carbonyl (C=O) groups is 2. The molecule has 2 heterocycles. The van der Waals surface area contributed by atoms with Gasteiger partial charge in [0.1, 0.15) is 11.5 Å². The van der Waals surface area contributed by atoms with Gasteiger partial charge in [0.05, 0.1) is 29.3 Å². The first-order valence-electron chi connectivity index (χ1n) is 9.91. The second-order valence-electron chi connectivity index (χ2n) is 7.91. The van der Waals surface area contributed by atoms with Crippen LogP contribution in [0.3, 0.4) is 0 Å². The standard InChI is InChI=1S/C20H22F2N4O5/c1-10(27)8-24-4-6-25(7-5-24)18-14(21)16(23)13-17(15(18)22)26(11-2-3-11)9-12(19(13)28)31-20(29)30/h9,11H,2-8,23H2,1H3,(H,29,30). The lowest BCUT2D eigenvalue weighted by atomic mass is 10.1. The molecule has 1 saturated carbocycles. The van der Waals surface area contributed by atoms with Gasteiger partial charge >= 0.3 is 6.16 Å². The molecule has 1 aromatic heterocycles. The molecule has 2 fully saturated rings. The summed E-state index contributed by atoms with van der Waals surface area (Å²) in [6.45, 7) is 3.19. The van der Waals surface area contributed by atoms with E-state index in [0.717, 1.165) is 6.20 Å². The molecule has 2 aromatic rings. The molecule has 0 atom stereocenters. The van der Waals surface area contributed by atoms with Crippen LogP contribution < -0.4 is 20.8 Å². The second kappa shape index (κ2) is 7.80. The van der Waals surface area contributed by atoms with Crippen molar-refractivity contribution in [3.63, 3.8) is 0 Å². The summed E-state index contributed by atoms with van der Waals surface area (Å²) in [6.07, 6.45) is 0.824. The molecule has 11 heteroatoms. The number of benzene rings is 1. The molecule has 0 unspecified atom stereocenters. The highest BCUT2D eigenvalue weighted by Crippen LogP contribution is 2.42. The molecule has 0 radical (unpaired) electrons. The van der Waals surface area contributed by atoms with Gasteiger partial charge in [0, 0.05) is 32.2 Å². The number of nitrogens with zero attached hydrogens (tertiary/aromatic N) is 3. The molecule has 3 N–H and O–H groups in total. The molecule has 0 spiro atoms. The van der Waals surface area contributed by atoms with Gasteiger partial charge in [-0.2, -0.15) is 0 Å². The number of piperazine rings is 1. The Morgan fingerprint density at radius 2 is 1.84 bits per heavy atom. The number of ketones is 1. The summed E-state index contributed by atoms with van der Waals surface area (Å²) in [7, 11) is 0. The second-order valence-corrected chi connectivity index (χ2v) is 7.91. The van der Waals surface area contributed by atoms with Crippen LogP contribution in [0.25, 0.3) is 10.9 Å². The topological polar surface area (TPSA) is 118 Å². The number of pyridine rings is 1. The van der Waals surface area contributed by atoms with Gasteiger partial charge in [0.25, 0.3) is 0 Å². The van der Waals surface area contributed by atoms with Gasteiger partial charge in [-0.3, -0.25) is 14.5 Å². The Kier molecular flexibility index (Phi) is 5.29. The van der Waals surface area contributed by atoms with Crippen molar-refractivity contribution < 1.29 is 28.2 Å². The van der Waals surface area contributed by atoms with Crippen LogP contribution in [0.2, 0.25) is 0 Å². The van der Waals surface area contributed by atoms with Gasteiger partial charge in [0.15, 0.2) is 17.4 Å². The first-order chi connectivity index (χ1) is 14.7. The quantitative estimate of drug-likeness (QED) is 0.540. The van der Waals surface area contributed by atoms with E-state index in [-0.39, 0.29) is 42.7 Å². The number of hydrogen-bond donors (Lipinski definition) is 2. The van der Waals surface area contributed by atoms with E-state index in [0.29, 0.717) is 25.9 Å². The summed E-state index contributed by atoms with van der Waals surface area (Å²) in [4.78, 5) is 38.4. The van der Waals surface area contributed by atoms with Crippen LogP contribution in [0.5, 0.6) is 5.75 Å². The van der Waals surface area contributed by atoms with Crippen LogP contribution in [0, 0.1) is 11.6 Å². The van der Waals surface area contributed by atoms with Gasteiger partial charge < -0.3 is 25.0 Å². The molecule has 4 rings (SSSR count). The zero-order chi connectivity index (χ0) is 22.4. The Bertz CT molecular complexity index is 1140. The van der Waals surface area contributed by atoms with Crippen LogP contribution in [0.15, 0.2) is 11.0 Å². The normalized spacial score (nSPS) is 17.2. The van der Waals surface area contributed by atoms with E-state index in [9.17, 15) is 14.4 Å². The highest BCUT2D eigenvalue weighted by Gasteiger charge is 2.33. The van der Waals surface area contributed by atoms with Crippen molar-refractivity contribution in [2.24, 2.45) is 0 Å². The number of aromatic nitrogens is 1. The lowest BCUT2D eigenvalue weighted by Gasteiger charge is -2.36. The molecule has 2 aliphatic rings. The van der Waals surface area contributed by atoms with Crippen molar-refractivity contribution in [3.05, 3.63) is 28.1 Å². The molecule has 1 aliphatic heterocycles. The van der Waals surface area contributed by atoms with Crippen LogP contribution in [-0.2, 0) is 4.79 Å². The highest BCUT2D eigenvalue weighted by molar-refractivity contribution is 5.96. The summed E-state index contributed by atoms with van der Waals surface area (Å²) in [5, 5.41) is 8.46. The minimum absolute atomic E-state index is 0.00796. The Hall–Kier alpha value is -3.21. The monoisotopic (exact) mass is 436 g/mol. The Labute approximate surface area is 175 Å². The number of ether oxygens (including phenoxy) is 1. The van der Waals surface area contributed by atoms with Gasteiger partial charge in [0.2, 0.25) is 5.43 Å². The number of anilines is 2. The fourth-order valence-electron chi connectivity index (χ4n) is 4.06. The fourth-order valence-corrected chi connectivity index (χ4v) is 4.06. The lowest BCUT2D eigenvalue weighted by Crippen LogP contribution is -2.48. The van der Waals surface area contributed by atoms with E-state index in [4.69, 9.17) is 10.8 Å². The van der Waals surface area contributed by atoms with Crippen molar-refractivity contribution >= 4 is 34.2 Å². The number of fused-ring (bicyclic) bond motifs is 1.